The predicted octanol–water partition coefficient (Wildman–Crippen LogP) is 4.11. The highest BCUT2D eigenvalue weighted by Crippen LogP contribution is 2.33. The molecule has 1 aliphatic heterocycles. The molecule has 4 heterocycles. The summed E-state index contributed by atoms with van der Waals surface area (Å²) in [6, 6.07) is 11.0. The molecule has 3 aromatic heterocycles. The number of aromatic amines is 2. The first-order chi connectivity index (χ1) is 19.1. The molecule has 2 aromatic carbocycles. The second-order valence-corrected chi connectivity index (χ2v) is 9.03. The zero-order valence-electron chi connectivity index (χ0n) is 21.2. The van der Waals surface area contributed by atoms with Gasteiger partial charge in [0.05, 0.1) is 60.6 Å². The number of H-pyrrole nitrogens is 2. The minimum atomic E-state index is -0.560. The van der Waals surface area contributed by atoms with Gasteiger partial charge in [-0.25, -0.2) is 19.3 Å². The van der Waals surface area contributed by atoms with Crippen molar-refractivity contribution in [3.05, 3.63) is 65.7 Å². The zero-order valence-corrected chi connectivity index (χ0v) is 21.2. The summed E-state index contributed by atoms with van der Waals surface area (Å²) in [6.45, 7) is 4.22. The molecule has 39 heavy (non-hydrogen) atoms. The number of imidazole rings is 1. The van der Waals surface area contributed by atoms with Gasteiger partial charge in [0.15, 0.2) is 23.2 Å². The molecule has 1 saturated heterocycles. The molecule has 0 amide bonds. The Kier molecular flexibility index (Phi) is 6.62. The van der Waals surface area contributed by atoms with E-state index in [0.29, 0.717) is 28.8 Å². The van der Waals surface area contributed by atoms with Crippen LogP contribution >= 0.6 is 0 Å². The number of hydrogen-bond acceptors (Lipinski definition) is 8. The summed E-state index contributed by atoms with van der Waals surface area (Å²) in [5, 5.41) is 10.4. The summed E-state index contributed by atoms with van der Waals surface area (Å²) >= 11 is 0. The molecule has 1 aliphatic rings. The van der Waals surface area contributed by atoms with Crippen molar-refractivity contribution in [2.75, 3.05) is 38.7 Å². The first kappa shape index (κ1) is 24.5. The van der Waals surface area contributed by atoms with Gasteiger partial charge in [0.2, 0.25) is 0 Å². The molecule has 3 N–H and O–H groups in total. The Morgan fingerprint density at radius 1 is 1.18 bits per heavy atom. The van der Waals surface area contributed by atoms with E-state index >= 15 is 0 Å². The fourth-order valence-corrected chi connectivity index (χ4v) is 4.54. The smallest absolute Gasteiger partial charge is 0.179 e. The number of ether oxygens (including phenoxy) is 2. The normalized spacial score (nSPS) is 13.9. The maximum Gasteiger partial charge on any atom is 0.179 e. The van der Waals surface area contributed by atoms with Crippen LogP contribution in [0.1, 0.15) is 11.1 Å². The summed E-state index contributed by atoms with van der Waals surface area (Å²) in [4.78, 5) is 19.3. The van der Waals surface area contributed by atoms with E-state index in [1.807, 2.05) is 6.07 Å². The first-order valence-corrected chi connectivity index (χ1v) is 12.4. The van der Waals surface area contributed by atoms with Gasteiger partial charge < -0.3 is 19.8 Å². The minimum Gasteiger partial charge on any atom is -0.491 e. The zero-order chi connectivity index (χ0) is 26.8. The summed E-state index contributed by atoms with van der Waals surface area (Å²) in [6.07, 6.45) is 8.52. The average Bonchev–Trinajstić information content (AvgIpc) is 3.60. The van der Waals surface area contributed by atoms with Gasteiger partial charge in [-0.2, -0.15) is 5.10 Å². The molecule has 0 bridgehead atoms. The van der Waals surface area contributed by atoms with Crippen LogP contribution in [0.25, 0.3) is 33.9 Å². The molecule has 10 nitrogen and oxygen atoms in total. The van der Waals surface area contributed by atoms with Gasteiger partial charge in [-0.05, 0) is 29.8 Å². The van der Waals surface area contributed by atoms with Crippen LogP contribution in [0.2, 0.25) is 0 Å². The fraction of sp³-hybridized carbons (Fsp3) is 0.214. The van der Waals surface area contributed by atoms with E-state index in [4.69, 9.17) is 20.9 Å². The van der Waals surface area contributed by atoms with E-state index in [2.05, 4.69) is 53.4 Å². The Labute approximate surface area is 223 Å². The van der Waals surface area contributed by atoms with E-state index in [-0.39, 0.29) is 17.0 Å². The molecule has 0 radical (unpaired) electrons. The lowest BCUT2D eigenvalue weighted by Gasteiger charge is -2.26. The van der Waals surface area contributed by atoms with Crippen molar-refractivity contribution in [3.63, 3.8) is 0 Å². The summed E-state index contributed by atoms with van der Waals surface area (Å²) in [5.74, 6) is 3.25. The van der Waals surface area contributed by atoms with Gasteiger partial charge in [0.1, 0.15) is 11.5 Å². The molecule has 0 unspecified atom stereocenters. The quantitative estimate of drug-likeness (QED) is 0.272. The Morgan fingerprint density at radius 3 is 2.87 bits per heavy atom. The third-order valence-corrected chi connectivity index (χ3v) is 6.56. The van der Waals surface area contributed by atoms with Gasteiger partial charge >= 0.3 is 0 Å². The Morgan fingerprint density at radius 2 is 2.05 bits per heavy atom. The number of terminal acetylenes is 1. The topological polar surface area (TPSA) is 117 Å². The van der Waals surface area contributed by atoms with Gasteiger partial charge in [-0.3, -0.25) is 10.00 Å². The van der Waals surface area contributed by atoms with Crippen molar-refractivity contribution in [2.45, 2.75) is 6.54 Å². The number of aromatic nitrogens is 6. The minimum absolute atomic E-state index is 0.136. The maximum atomic E-state index is 14.9. The van der Waals surface area contributed by atoms with E-state index < -0.39 is 5.82 Å². The number of fused-ring (bicyclic) bond motifs is 1. The second-order valence-electron chi connectivity index (χ2n) is 9.03. The van der Waals surface area contributed by atoms with Crippen molar-refractivity contribution < 1.29 is 13.9 Å². The number of nitrogens with zero attached hydrogens (tertiary/aromatic N) is 5. The van der Waals surface area contributed by atoms with Crippen molar-refractivity contribution >= 4 is 22.5 Å². The van der Waals surface area contributed by atoms with E-state index in [9.17, 15) is 4.39 Å². The van der Waals surface area contributed by atoms with Crippen molar-refractivity contribution in [3.8, 4) is 41.0 Å². The molecule has 11 heteroatoms. The second kappa shape index (κ2) is 10.5. The number of morpholine rings is 1. The molecule has 1 fully saturated rings. The maximum absolute atomic E-state index is 14.9. The van der Waals surface area contributed by atoms with Crippen LogP contribution in [0.5, 0.6) is 5.75 Å². The van der Waals surface area contributed by atoms with Crippen molar-refractivity contribution in [1.29, 1.82) is 0 Å². The summed E-state index contributed by atoms with van der Waals surface area (Å²) in [5.41, 5.74) is 4.50. The predicted molar refractivity (Wildman–Crippen MR) is 145 cm³/mol. The number of hydrogen-bond donors (Lipinski definition) is 3. The fourth-order valence-electron chi connectivity index (χ4n) is 4.54. The highest BCUT2D eigenvalue weighted by molar-refractivity contribution is 5.83. The average molecular weight is 525 g/mol. The van der Waals surface area contributed by atoms with Gasteiger partial charge in [0, 0.05) is 19.6 Å². The van der Waals surface area contributed by atoms with Crippen LogP contribution in [-0.4, -0.2) is 68.4 Å². The number of benzene rings is 2. The number of anilines is 2. The van der Waals surface area contributed by atoms with Crippen LogP contribution in [0.4, 0.5) is 15.9 Å². The van der Waals surface area contributed by atoms with Crippen molar-refractivity contribution in [1.82, 2.24) is 35.0 Å². The van der Waals surface area contributed by atoms with E-state index in [1.165, 1.54) is 24.9 Å². The highest BCUT2D eigenvalue weighted by Gasteiger charge is 2.18. The Bertz CT molecular complexity index is 1680. The number of rotatable bonds is 7. The lowest BCUT2D eigenvalue weighted by atomic mass is 10.1. The molecule has 0 spiro atoms. The monoisotopic (exact) mass is 524 g/mol. The van der Waals surface area contributed by atoms with Crippen LogP contribution in [-0.2, 0) is 11.3 Å². The third-order valence-electron chi connectivity index (χ3n) is 6.56. The molecule has 0 saturated carbocycles. The lowest BCUT2D eigenvalue weighted by Crippen LogP contribution is -2.35. The largest absolute Gasteiger partial charge is 0.491 e. The van der Waals surface area contributed by atoms with Gasteiger partial charge in [0.25, 0.3) is 0 Å². The molecule has 5 aromatic rings. The number of methoxy groups -OCH3 is 1. The van der Waals surface area contributed by atoms with E-state index in [1.54, 1.807) is 18.3 Å². The van der Waals surface area contributed by atoms with Crippen molar-refractivity contribution in [2.24, 2.45) is 0 Å². The summed E-state index contributed by atoms with van der Waals surface area (Å²) < 4.78 is 25.8. The number of nitrogens with one attached hydrogen (secondary N) is 3. The molecular weight excluding hydrogens is 499 g/mol. The first-order valence-electron chi connectivity index (χ1n) is 12.4. The third kappa shape index (κ3) is 4.90. The molecular formula is C28H25FN8O2. The lowest BCUT2D eigenvalue weighted by molar-refractivity contribution is 0.0342. The van der Waals surface area contributed by atoms with E-state index in [0.717, 1.165) is 43.9 Å². The standard InChI is InChI=1S/C28H25FN8O2/c1-3-18-5-4-6-19(24(18)29)26-30-15-23(38-2)27(35-26)34-22-14-31-36-25(22)28-32-20-8-7-17(13-21(20)33-28)16-37-9-11-39-12-10-37/h1,4-8,13-15H,9-12,16H2,2H3,(H,31,36)(H,32,33)(H,30,34,35). The molecule has 6 rings (SSSR count). The van der Waals surface area contributed by atoms with Crippen LogP contribution in [0, 0.1) is 18.2 Å². The Balaban J connectivity index is 1.30. The highest BCUT2D eigenvalue weighted by atomic mass is 19.1. The number of halogens is 1. The van der Waals surface area contributed by atoms with Gasteiger partial charge in [-0.15, -0.1) is 6.42 Å². The molecule has 0 atom stereocenters. The van der Waals surface area contributed by atoms with Crippen LogP contribution in [0.3, 0.4) is 0 Å². The van der Waals surface area contributed by atoms with Gasteiger partial charge in [-0.1, -0.05) is 18.1 Å². The summed E-state index contributed by atoms with van der Waals surface area (Å²) in [7, 11) is 1.51. The Hall–Kier alpha value is -4.79. The SMILES string of the molecule is C#Cc1cccc(-c2ncc(OC)c(Nc3cn[nH]c3-c3nc4ccc(CN5CCOCC5)cc4[nH]3)n2)c1F. The van der Waals surface area contributed by atoms with Crippen LogP contribution < -0.4 is 10.1 Å². The van der Waals surface area contributed by atoms with Crippen LogP contribution in [0.15, 0.2) is 48.8 Å². The molecule has 0 aliphatic carbocycles. The molecule has 196 valence electrons.